The van der Waals surface area contributed by atoms with Crippen molar-refractivity contribution in [1.29, 1.82) is 0 Å². The third-order valence-corrected chi connectivity index (χ3v) is 2.93. The fourth-order valence-corrected chi connectivity index (χ4v) is 1.96. The summed E-state index contributed by atoms with van der Waals surface area (Å²) in [5, 5.41) is 9.08. The highest BCUT2D eigenvalue weighted by Gasteiger charge is 2.16. The van der Waals surface area contributed by atoms with E-state index in [-0.39, 0.29) is 12.5 Å². The van der Waals surface area contributed by atoms with Crippen LogP contribution in [0.1, 0.15) is 37.0 Å². The van der Waals surface area contributed by atoms with E-state index >= 15 is 0 Å². The number of unbranched alkanes of at least 4 members (excludes halogenated alkanes) is 1. The second-order valence-corrected chi connectivity index (χ2v) is 4.59. The number of amides is 1. The molecular weight excluding hydrogens is 256 g/mol. The number of hydrogen-bond donors (Lipinski definition) is 2. The molecule has 0 aliphatic rings. The summed E-state index contributed by atoms with van der Waals surface area (Å²) in [6.45, 7) is 5.38. The predicted molar refractivity (Wildman–Crippen MR) is 79.9 cm³/mol. The van der Waals surface area contributed by atoms with Crippen LogP contribution in [0.5, 0.6) is 5.75 Å². The first kappa shape index (κ1) is 16.3. The van der Waals surface area contributed by atoms with Gasteiger partial charge in [-0.1, -0.05) is 13.3 Å². The Hall–Kier alpha value is -1.75. The van der Waals surface area contributed by atoms with Crippen LogP contribution in [0.25, 0.3) is 0 Å². The number of nitrogens with zero attached hydrogens (tertiary/aromatic N) is 1. The second kappa shape index (κ2) is 8.43. The van der Waals surface area contributed by atoms with Crippen LogP contribution in [0.3, 0.4) is 0 Å². The van der Waals surface area contributed by atoms with E-state index in [2.05, 4.69) is 6.92 Å². The fraction of sp³-hybridized carbons (Fsp3) is 0.533. The van der Waals surface area contributed by atoms with Crippen molar-refractivity contribution in [2.45, 2.75) is 26.7 Å². The lowest BCUT2D eigenvalue weighted by Crippen LogP contribution is -2.34. The van der Waals surface area contributed by atoms with Crippen molar-refractivity contribution in [3.8, 4) is 5.75 Å². The first-order chi connectivity index (χ1) is 9.62. The second-order valence-electron chi connectivity index (χ2n) is 4.59. The number of anilines is 1. The van der Waals surface area contributed by atoms with Gasteiger partial charge in [0.15, 0.2) is 0 Å². The minimum atomic E-state index is -0.124. The molecule has 0 bridgehead atoms. The van der Waals surface area contributed by atoms with Gasteiger partial charge in [-0.25, -0.2) is 0 Å². The minimum absolute atomic E-state index is 0.0455. The van der Waals surface area contributed by atoms with Gasteiger partial charge in [-0.05, 0) is 25.5 Å². The van der Waals surface area contributed by atoms with Crippen LogP contribution in [0, 0.1) is 0 Å². The van der Waals surface area contributed by atoms with Crippen LogP contribution in [-0.2, 0) is 0 Å². The third-order valence-electron chi connectivity index (χ3n) is 2.93. The number of aliphatic hydroxyl groups is 1. The number of carbonyl (C=O) groups excluding carboxylic acids is 1. The Bertz CT molecular complexity index is 435. The molecule has 0 aliphatic heterocycles. The maximum atomic E-state index is 12.5. The number of rotatable bonds is 8. The molecule has 0 fully saturated rings. The van der Waals surface area contributed by atoms with Gasteiger partial charge >= 0.3 is 0 Å². The van der Waals surface area contributed by atoms with Crippen LogP contribution in [-0.4, -0.2) is 42.2 Å². The number of ether oxygens (including phenoxy) is 1. The van der Waals surface area contributed by atoms with Crippen LogP contribution in [0.2, 0.25) is 0 Å². The molecule has 5 heteroatoms. The number of aliphatic hydroxyl groups excluding tert-OH is 1. The van der Waals surface area contributed by atoms with E-state index in [0.29, 0.717) is 36.7 Å². The molecule has 112 valence electrons. The smallest absolute Gasteiger partial charge is 0.254 e. The number of nitrogen functional groups attached to an aromatic ring is 1. The van der Waals surface area contributed by atoms with E-state index < -0.39 is 0 Å². The molecule has 1 rings (SSSR count). The van der Waals surface area contributed by atoms with Crippen molar-refractivity contribution in [3.63, 3.8) is 0 Å². The zero-order valence-corrected chi connectivity index (χ0v) is 12.3. The average Bonchev–Trinajstić information content (AvgIpc) is 2.42. The highest BCUT2D eigenvalue weighted by Crippen LogP contribution is 2.20. The molecule has 1 aromatic carbocycles. The Morgan fingerprint density at radius 3 is 2.65 bits per heavy atom. The molecule has 0 saturated heterocycles. The number of hydrogen-bond acceptors (Lipinski definition) is 4. The monoisotopic (exact) mass is 280 g/mol. The van der Waals surface area contributed by atoms with E-state index in [9.17, 15) is 4.79 Å². The summed E-state index contributed by atoms with van der Waals surface area (Å²) < 4.78 is 5.40. The maximum Gasteiger partial charge on any atom is 0.254 e. The normalized spacial score (nSPS) is 10.3. The number of carbonyl (C=O) groups is 1. The molecule has 0 atom stereocenters. The van der Waals surface area contributed by atoms with Gasteiger partial charge in [-0.15, -0.1) is 0 Å². The molecule has 0 heterocycles. The largest absolute Gasteiger partial charge is 0.494 e. The first-order valence-corrected chi connectivity index (χ1v) is 7.05. The zero-order valence-electron chi connectivity index (χ0n) is 12.3. The topological polar surface area (TPSA) is 75.8 Å². The lowest BCUT2D eigenvalue weighted by atomic mass is 10.1. The molecule has 5 nitrogen and oxygen atoms in total. The summed E-state index contributed by atoms with van der Waals surface area (Å²) in [4.78, 5) is 14.1. The van der Waals surface area contributed by atoms with Crippen molar-refractivity contribution in [3.05, 3.63) is 23.8 Å². The van der Waals surface area contributed by atoms with E-state index in [1.54, 1.807) is 23.1 Å². The SMILES string of the molecule is CCCCN(CCO)C(=O)c1cc(N)cc(OCC)c1. The van der Waals surface area contributed by atoms with E-state index in [1.807, 2.05) is 6.92 Å². The van der Waals surface area contributed by atoms with E-state index in [1.165, 1.54) is 0 Å². The number of nitrogens with two attached hydrogens (primary N) is 1. The lowest BCUT2D eigenvalue weighted by molar-refractivity contribution is 0.0719. The van der Waals surface area contributed by atoms with Gasteiger partial charge < -0.3 is 20.5 Å². The first-order valence-electron chi connectivity index (χ1n) is 7.05. The van der Waals surface area contributed by atoms with Gasteiger partial charge in [-0.2, -0.15) is 0 Å². The summed E-state index contributed by atoms with van der Waals surface area (Å²) in [7, 11) is 0. The van der Waals surface area contributed by atoms with E-state index in [0.717, 1.165) is 12.8 Å². The van der Waals surface area contributed by atoms with Gasteiger partial charge in [-0.3, -0.25) is 4.79 Å². The van der Waals surface area contributed by atoms with Crippen molar-refractivity contribution < 1.29 is 14.6 Å². The standard InChI is InChI=1S/C15H24N2O3/c1-3-5-6-17(7-8-18)15(19)12-9-13(16)11-14(10-12)20-4-2/h9-11,18H,3-8,16H2,1-2H3. The Morgan fingerprint density at radius 1 is 1.30 bits per heavy atom. The molecule has 20 heavy (non-hydrogen) atoms. The zero-order chi connectivity index (χ0) is 15.0. The van der Waals surface area contributed by atoms with Crippen molar-refractivity contribution >= 4 is 11.6 Å². The van der Waals surface area contributed by atoms with Gasteiger partial charge in [0.25, 0.3) is 5.91 Å². The highest BCUT2D eigenvalue weighted by molar-refractivity contribution is 5.95. The molecule has 3 N–H and O–H groups in total. The Kier molecular flexibility index (Phi) is 6.87. The molecular formula is C15H24N2O3. The number of benzene rings is 1. The van der Waals surface area contributed by atoms with Crippen LogP contribution in [0.4, 0.5) is 5.69 Å². The van der Waals surface area contributed by atoms with Crippen molar-refractivity contribution in [1.82, 2.24) is 4.90 Å². The molecule has 0 unspecified atom stereocenters. The molecule has 0 aromatic heterocycles. The van der Waals surface area contributed by atoms with Gasteiger partial charge in [0, 0.05) is 30.4 Å². The van der Waals surface area contributed by atoms with Gasteiger partial charge in [0.2, 0.25) is 0 Å². The van der Waals surface area contributed by atoms with Crippen molar-refractivity contribution in [2.24, 2.45) is 0 Å². The molecule has 0 spiro atoms. The minimum Gasteiger partial charge on any atom is -0.494 e. The maximum absolute atomic E-state index is 12.5. The predicted octanol–water partition coefficient (Wildman–Crippen LogP) is 1.90. The van der Waals surface area contributed by atoms with Crippen LogP contribution < -0.4 is 10.5 Å². The Morgan fingerprint density at radius 2 is 2.05 bits per heavy atom. The molecule has 0 radical (unpaired) electrons. The van der Waals surface area contributed by atoms with Gasteiger partial charge in [0.1, 0.15) is 5.75 Å². The summed E-state index contributed by atoms with van der Waals surface area (Å²) in [6.07, 6.45) is 1.91. The Labute approximate surface area is 120 Å². The van der Waals surface area contributed by atoms with Crippen LogP contribution >= 0.6 is 0 Å². The third kappa shape index (κ3) is 4.74. The summed E-state index contributed by atoms with van der Waals surface area (Å²) in [5.74, 6) is 0.469. The highest BCUT2D eigenvalue weighted by atomic mass is 16.5. The molecule has 0 aliphatic carbocycles. The summed E-state index contributed by atoms with van der Waals surface area (Å²) in [6, 6.07) is 5.03. The lowest BCUT2D eigenvalue weighted by Gasteiger charge is -2.22. The summed E-state index contributed by atoms with van der Waals surface area (Å²) in [5.41, 5.74) is 6.80. The van der Waals surface area contributed by atoms with Crippen molar-refractivity contribution in [2.75, 3.05) is 32.0 Å². The van der Waals surface area contributed by atoms with Crippen LogP contribution in [0.15, 0.2) is 18.2 Å². The molecule has 1 amide bonds. The van der Waals surface area contributed by atoms with E-state index in [4.69, 9.17) is 15.6 Å². The van der Waals surface area contributed by atoms with Gasteiger partial charge in [0.05, 0.1) is 13.2 Å². The quantitative estimate of drug-likeness (QED) is 0.713. The fourth-order valence-electron chi connectivity index (χ4n) is 1.96. The summed E-state index contributed by atoms with van der Waals surface area (Å²) >= 11 is 0. The average molecular weight is 280 g/mol. The molecule has 0 saturated carbocycles. The Balaban J connectivity index is 2.91. The molecule has 1 aromatic rings.